The predicted octanol–water partition coefficient (Wildman–Crippen LogP) is 3.45. The van der Waals surface area contributed by atoms with E-state index >= 15 is 0 Å². The number of aryl methyl sites for hydroxylation is 1. The molecule has 1 heterocycles. The molecule has 0 spiro atoms. The lowest BCUT2D eigenvalue weighted by Crippen LogP contribution is -2.52. The first-order valence-corrected chi connectivity index (χ1v) is 21.5. The van der Waals surface area contributed by atoms with Crippen molar-refractivity contribution in [1.82, 2.24) is 20.9 Å². The van der Waals surface area contributed by atoms with Gasteiger partial charge in [-0.2, -0.15) is 0 Å². The molecule has 2 aromatic rings. The molecular formula is C44H67BN6O8. The maximum absolute atomic E-state index is 13.9. The van der Waals surface area contributed by atoms with Crippen molar-refractivity contribution in [2.24, 2.45) is 17.4 Å². The third-order valence-corrected chi connectivity index (χ3v) is 11.0. The van der Waals surface area contributed by atoms with Crippen LogP contribution in [0.4, 0.5) is 0 Å². The first-order valence-electron chi connectivity index (χ1n) is 21.5. The smallest absolute Gasteiger partial charge is 0.427 e. The Kier molecular flexibility index (Phi) is 21.5. The third kappa shape index (κ3) is 16.3. The summed E-state index contributed by atoms with van der Waals surface area (Å²) in [7, 11) is -1.67. The molecule has 0 unspecified atom stereocenters. The van der Waals surface area contributed by atoms with Crippen molar-refractivity contribution in [3.8, 4) is 11.1 Å². The van der Waals surface area contributed by atoms with Crippen LogP contribution in [0, 0.1) is 5.92 Å². The highest BCUT2D eigenvalue weighted by Gasteiger charge is 2.38. The molecule has 1 aliphatic rings. The second-order valence-electron chi connectivity index (χ2n) is 16.0. The molecule has 59 heavy (non-hydrogen) atoms. The van der Waals surface area contributed by atoms with Crippen molar-refractivity contribution in [3.05, 3.63) is 59.7 Å². The summed E-state index contributed by atoms with van der Waals surface area (Å²) in [4.78, 5) is 81.3. The van der Waals surface area contributed by atoms with Gasteiger partial charge in [-0.3, -0.25) is 28.8 Å². The van der Waals surface area contributed by atoms with E-state index in [1.807, 2.05) is 12.1 Å². The SMILES string of the molecule is CCCCc1ccc(-c2ccc(C(=O)NCCC(=O)N[C@@H](CCCCN)C(=O)N3CCC[C@H]3C(=O)C[C@@H](C)C(=O)N[C@@H](CCCCN)C(=O)C[C@@H](C)B(O)O)cc2)cc1. The van der Waals surface area contributed by atoms with Crippen LogP contribution >= 0.6 is 0 Å². The fourth-order valence-electron chi connectivity index (χ4n) is 7.25. The number of carbonyl (C=O) groups is 6. The number of Topliss-reactive ketones (excluding diaryl/α,β-unsaturated/α-hetero) is 2. The van der Waals surface area contributed by atoms with Gasteiger partial charge in [0.2, 0.25) is 17.7 Å². The Hall–Kier alpha value is -4.44. The van der Waals surface area contributed by atoms with Gasteiger partial charge in [0.15, 0.2) is 11.6 Å². The molecule has 5 atom stereocenters. The monoisotopic (exact) mass is 819 g/mol. The van der Waals surface area contributed by atoms with Gasteiger partial charge in [0.05, 0.1) is 12.1 Å². The normalized spacial score (nSPS) is 15.8. The first kappa shape index (κ1) is 48.9. The summed E-state index contributed by atoms with van der Waals surface area (Å²) in [6.45, 7) is 6.51. The minimum absolute atomic E-state index is 0.0565. The molecule has 0 radical (unpaired) electrons. The Morgan fingerprint density at radius 3 is 2.02 bits per heavy atom. The van der Waals surface area contributed by atoms with Gasteiger partial charge in [0.25, 0.3) is 5.91 Å². The number of nitrogens with zero attached hydrogens (tertiary/aromatic N) is 1. The number of rotatable bonds is 27. The van der Waals surface area contributed by atoms with Crippen molar-refractivity contribution >= 4 is 42.3 Å². The number of likely N-dealkylation sites (tertiary alicyclic amines) is 1. The number of hydrogen-bond acceptors (Lipinski definition) is 10. The second-order valence-corrected chi connectivity index (χ2v) is 16.0. The first-order chi connectivity index (χ1) is 28.3. The van der Waals surface area contributed by atoms with Gasteiger partial charge in [-0.15, -0.1) is 0 Å². The van der Waals surface area contributed by atoms with Gasteiger partial charge >= 0.3 is 7.12 Å². The van der Waals surface area contributed by atoms with E-state index in [-0.39, 0.29) is 49.2 Å². The Balaban J connectivity index is 1.56. The number of carbonyl (C=O) groups excluding carboxylic acids is 6. The number of nitrogens with one attached hydrogen (secondary N) is 3. The number of hydrogen-bond donors (Lipinski definition) is 7. The van der Waals surface area contributed by atoms with Crippen molar-refractivity contribution < 1.29 is 38.8 Å². The Morgan fingerprint density at radius 2 is 1.42 bits per heavy atom. The van der Waals surface area contributed by atoms with E-state index in [9.17, 15) is 38.8 Å². The fraction of sp³-hybridized carbons (Fsp3) is 0.591. The molecule has 14 nitrogen and oxygen atoms in total. The van der Waals surface area contributed by atoms with Crippen molar-refractivity contribution in [2.45, 2.75) is 135 Å². The lowest BCUT2D eigenvalue weighted by molar-refractivity contribution is -0.141. The number of nitrogens with two attached hydrogens (primary N) is 2. The lowest BCUT2D eigenvalue weighted by atomic mass is 9.71. The van der Waals surface area contributed by atoms with E-state index in [2.05, 4.69) is 47.1 Å². The molecule has 9 N–H and O–H groups in total. The van der Waals surface area contributed by atoms with E-state index < -0.39 is 48.8 Å². The molecule has 0 aliphatic carbocycles. The van der Waals surface area contributed by atoms with E-state index in [0.29, 0.717) is 76.6 Å². The molecule has 15 heteroatoms. The molecular weight excluding hydrogens is 751 g/mol. The maximum atomic E-state index is 13.9. The largest absolute Gasteiger partial charge is 0.454 e. The zero-order valence-electron chi connectivity index (χ0n) is 35.3. The van der Waals surface area contributed by atoms with E-state index in [1.165, 1.54) is 17.4 Å². The zero-order valence-corrected chi connectivity index (χ0v) is 35.3. The highest BCUT2D eigenvalue weighted by molar-refractivity contribution is 6.43. The second kappa shape index (κ2) is 25.9. The van der Waals surface area contributed by atoms with Crippen LogP contribution in [0.15, 0.2) is 48.5 Å². The number of amides is 4. The fourth-order valence-corrected chi connectivity index (χ4v) is 7.25. The molecule has 1 fully saturated rings. The van der Waals surface area contributed by atoms with Gasteiger partial charge in [0.1, 0.15) is 6.04 Å². The minimum Gasteiger partial charge on any atom is -0.427 e. The zero-order chi connectivity index (χ0) is 43.3. The Bertz CT molecular complexity index is 1660. The molecule has 0 bridgehead atoms. The third-order valence-electron chi connectivity index (χ3n) is 11.0. The summed E-state index contributed by atoms with van der Waals surface area (Å²) in [5.41, 5.74) is 15.1. The van der Waals surface area contributed by atoms with E-state index in [4.69, 9.17) is 11.5 Å². The Labute approximate surface area is 350 Å². The van der Waals surface area contributed by atoms with Crippen LogP contribution in [0.25, 0.3) is 11.1 Å². The number of unbranched alkanes of at least 4 members (excludes halogenated alkanes) is 3. The van der Waals surface area contributed by atoms with Crippen LogP contribution in [0.1, 0.15) is 120 Å². The van der Waals surface area contributed by atoms with Gasteiger partial charge < -0.3 is 42.4 Å². The average molecular weight is 819 g/mol. The topological polar surface area (TPSA) is 234 Å². The lowest BCUT2D eigenvalue weighted by Gasteiger charge is -2.29. The van der Waals surface area contributed by atoms with Crippen molar-refractivity contribution in [1.29, 1.82) is 0 Å². The molecule has 3 rings (SSSR count). The highest BCUT2D eigenvalue weighted by Crippen LogP contribution is 2.24. The van der Waals surface area contributed by atoms with Gasteiger partial charge in [-0.1, -0.05) is 63.6 Å². The van der Waals surface area contributed by atoms with Gasteiger partial charge in [-0.05, 0) is 112 Å². The molecule has 324 valence electrons. The van der Waals surface area contributed by atoms with Crippen molar-refractivity contribution in [3.63, 3.8) is 0 Å². The van der Waals surface area contributed by atoms with Gasteiger partial charge in [-0.25, -0.2) is 0 Å². The molecule has 0 saturated carbocycles. The van der Waals surface area contributed by atoms with Crippen LogP contribution in [0.2, 0.25) is 5.82 Å². The molecule has 1 saturated heterocycles. The predicted molar refractivity (Wildman–Crippen MR) is 230 cm³/mol. The molecule has 1 aliphatic heterocycles. The molecule has 0 aromatic heterocycles. The summed E-state index contributed by atoms with van der Waals surface area (Å²) in [5.74, 6) is -3.75. The van der Waals surface area contributed by atoms with Crippen LogP contribution in [0.3, 0.4) is 0 Å². The number of benzene rings is 2. The van der Waals surface area contributed by atoms with E-state index in [0.717, 1.165) is 30.4 Å². The van der Waals surface area contributed by atoms with E-state index in [1.54, 1.807) is 19.1 Å². The van der Waals surface area contributed by atoms with Crippen LogP contribution in [0.5, 0.6) is 0 Å². The van der Waals surface area contributed by atoms with Crippen LogP contribution in [-0.4, -0.2) is 102 Å². The van der Waals surface area contributed by atoms with Crippen LogP contribution < -0.4 is 27.4 Å². The van der Waals surface area contributed by atoms with Gasteiger partial charge in [0, 0.05) is 43.8 Å². The molecule has 2 aromatic carbocycles. The summed E-state index contributed by atoms with van der Waals surface area (Å²) >= 11 is 0. The number of ketones is 2. The maximum Gasteiger partial charge on any atom is 0.454 e. The summed E-state index contributed by atoms with van der Waals surface area (Å²) in [6, 6.07) is 13.2. The average Bonchev–Trinajstić information content (AvgIpc) is 3.72. The van der Waals surface area contributed by atoms with Crippen LogP contribution in [-0.2, 0) is 30.4 Å². The standard InChI is InChI=1S/C44H67BN6O8/c1-4-5-11-32-15-17-33(18-16-32)34-19-21-35(22-20-34)43(56)48-26-23-41(54)49-37(13-7-9-25-47)44(57)51-27-10-14-38(51)40(53)28-30(2)42(55)50-36(12-6-8-24-46)39(52)29-31(3)45(58)59/h15-22,30-31,36-38,58-59H,4-14,23-29,46-47H2,1-3H3,(H,48,56)(H,49,54)(H,50,55)/t30-,31-,36+,37+,38+/m1/s1. The Morgan fingerprint density at radius 1 is 0.814 bits per heavy atom. The highest BCUT2D eigenvalue weighted by atomic mass is 16.4. The van der Waals surface area contributed by atoms with Crippen molar-refractivity contribution in [2.75, 3.05) is 26.2 Å². The summed E-state index contributed by atoms with van der Waals surface area (Å²) in [5, 5.41) is 27.3. The summed E-state index contributed by atoms with van der Waals surface area (Å²) in [6.07, 6.45) is 7.09. The quantitative estimate of drug-likeness (QED) is 0.0513. The minimum atomic E-state index is -1.67. The summed E-state index contributed by atoms with van der Waals surface area (Å²) < 4.78 is 0. The molecule has 4 amide bonds.